The number of aryl methyl sites for hydroxylation is 2. The Morgan fingerprint density at radius 1 is 1.35 bits per heavy atom. The summed E-state index contributed by atoms with van der Waals surface area (Å²) in [6.45, 7) is 11.9. The van der Waals surface area contributed by atoms with Crippen molar-refractivity contribution in [3.8, 4) is 0 Å². The molecule has 2 aromatic rings. The van der Waals surface area contributed by atoms with Crippen LogP contribution in [0, 0.1) is 20.8 Å². The molecule has 110 valence electrons. The van der Waals surface area contributed by atoms with Crippen LogP contribution in [0.4, 0.5) is 0 Å². The maximum absolute atomic E-state index is 5.80. The average molecular weight is 340 g/mol. The first-order chi connectivity index (χ1) is 9.38. The summed E-state index contributed by atoms with van der Waals surface area (Å²) in [5.41, 5.74) is 3.35. The van der Waals surface area contributed by atoms with E-state index < -0.39 is 0 Å². The van der Waals surface area contributed by atoms with Crippen LogP contribution in [0.5, 0.6) is 0 Å². The predicted octanol–water partition coefficient (Wildman–Crippen LogP) is 3.71. The highest BCUT2D eigenvalue weighted by Crippen LogP contribution is 2.22. The number of nitrogens with zero attached hydrogens (tertiary/aromatic N) is 2. The molecule has 5 heteroatoms. The maximum atomic E-state index is 5.80. The van der Waals surface area contributed by atoms with Gasteiger partial charge in [0.15, 0.2) is 0 Å². The summed E-state index contributed by atoms with van der Waals surface area (Å²) in [4.78, 5) is 0. The summed E-state index contributed by atoms with van der Waals surface area (Å²) in [5, 5.41) is 7.91. The van der Waals surface area contributed by atoms with Gasteiger partial charge in [0.2, 0.25) is 0 Å². The molecule has 0 aliphatic rings. The molecule has 0 saturated heterocycles. The van der Waals surface area contributed by atoms with Crippen molar-refractivity contribution in [2.45, 2.75) is 53.8 Å². The summed E-state index contributed by atoms with van der Waals surface area (Å²) < 4.78 is 8.89. The second-order valence-corrected chi connectivity index (χ2v) is 6.27. The highest BCUT2D eigenvalue weighted by molar-refractivity contribution is 9.10. The average Bonchev–Trinajstić information content (AvgIpc) is 2.84. The Kier molecular flexibility index (Phi) is 4.70. The van der Waals surface area contributed by atoms with Gasteiger partial charge < -0.3 is 9.73 Å². The van der Waals surface area contributed by atoms with E-state index in [4.69, 9.17) is 4.42 Å². The van der Waals surface area contributed by atoms with Crippen molar-refractivity contribution in [3.63, 3.8) is 0 Å². The molecule has 0 atom stereocenters. The van der Waals surface area contributed by atoms with Crippen LogP contribution in [-0.4, -0.2) is 15.8 Å². The van der Waals surface area contributed by atoms with E-state index in [0.29, 0.717) is 6.04 Å². The molecular weight excluding hydrogens is 318 g/mol. The first-order valence-corrected chi connectivity index (χ1v) is 7.69. The van der Waals surface area contributed by atoms with Gasteiger partial charge in [-0.3, -0.25) is 4.68 Å². The van der Waals surface area contributed by atoms with Gasteiger partial charge in [0.05, 0.1) is 29.0 Å². The minimum absolute atomic E-state index is 0.454. The van der Waals surface area contributed by atoms with Crippen LogP contribution >= 0.6 is 15.9 Å². The molecule has 0 amide bonds. The number of nitrogens with one attached hydrogen (secondary N) is 1. The van der Waals surface area contributed by atoms with Crippen molar-refractivity contribution in [1.82, 2.24) is 15.1 Å². The summed E-state index contributed by atoms with van der Waals surface area (Å²) in [6.07, 6.45) is 0. The summed E-state index contributed by atoms with van der Waals surface area (Å²) >= 11 is 3.56. The second kappa shape index (κ2) is 6.14. The lowest BCUT2D eigenvalue weighted by molar-refractivity contribution is 0.445. The Morgan fingerprint density at radius 3 is 2.60 bits per heavy atom. The van der Waals surface area contributed by atoms with Crippen LogP contribution in [0.2, 0.25) is 0 Å². The predicted molar refractivity (Wildman–Crippen MR) is 83.9 cm³/mol. The fourth-order valence-electron chi connectivity index (χ4n) is 2.13. The smallest absolute Gasteiger partial charge is 0.118 e. The zero-order chi connectivity index (χ0) is 14.9. The van der Waals surface area contributed by atoms with Crippen LogP contribution < -0.4 is 5.32 Å². The third-order valence-electron chi connectivity index (χ3n) is 3.37. The highest BCUT2D eigenvalue weighted by Gasteiger charge is 2.13. The molecule has 0 radical (unpaired) electrons. The summed E-state index contributed by atoms with van der Waals surface area (Å²) in [6, 6.07) is 2.57. The number of hydrogen-bond acceptors (Lipinski definition) is 3. The van der Waals surface area contributed by atoms with Crippen molar-refractivity contribution >= 4 is 15.9 Å². The second-order valence-electron chi connectivity index (χ2n) is 5.47. The zero-order valence-corrected chi connectivity index (χ0v) is 14.3. The van der Waals surface area contributed by atoms with Gasteiger partial charge in [-0.25, -0.2) is 0 Å². The monoisotopic (exact) mass is 339 g/mol. The Labute approximate surface area is 128 Å². The summed E-state index contributed by atoms with van der Waals surface area (Å²) in [5.74, 6) is 1.95. The largest absolute Gasteiger partial charge is 0.465 e. The van der Waals surface area contributed by atoms with Crippen molar-refractivity contribution in [2.24, 2.45) is 0 Å². The molecule has 0 saturated carbocycles. The maximum Gasteiger partial charge on any atom is 0.118 e. The van der Waals surface area contributed by atoms with Gasteiger partial charge in [-0.15, -0.1) is 0 Å². The van der Waals surface area contributed by atoms with E-state index in [1.54, 1.807) is 0 Å². The Hall–Kier alpha value is -1.07. The van der Waals surface area contributed by atoms with E-state index in [9.17, 15) is 0 Å². The molecule has 2 rings (SSSR count). The van der Waals surface area contributed by atoms with Crippen molar-refractivity contribution in [3.05, 3.63) is 39.0 Å². The molecule has 0 fully saturated rings. The molecule has 0 unspecified atom stereocenters. The van der Waals surface area contributed by atoms with E-state index in [0.717, 1.165) is 40.5 Å². The molecule has 0 spiro atoms. The lowest BCUT2D eigenvalue weighted by Crippen LogP contribution is -2.21. The van der Waals surface area contributed by atoms with E-state index >= 15 is 0 Å². The van der Waals surface area contributed by atoms with Crippen LogP contribution in [0.1, 0.15) is 42.3 Å². The topological polar surface area (TPSA) is 43.0 Å². The van der Waals surface area contributed by atoms with Crippen molar-refractivity contribution in [1.29, 1.82) is 0 Å². The number of rotatable bonds is 5. The molecule has 4 nitrogen and oxygen atoms in total. The molecule has 0 aliphatic carbocycles. The minimum Gasteiger partial charge on any atom is -0.465 e. The molecule has 2 heterocycles. The first kappa shape index (κ1) is 15.3. The van der Waals surface area contributed by atoms with Crippen molar-refractivity contribution in [2.75, 3.05) is 0 Å². The van der Waals surface area contributed by atoms with Crippen LogP contribution in [0.15, 0.2) is 15.0 Å². The standard InChI is InChI=1S/C15H22BrN3O/c1-9(2)17-7-14-6-13(12(5)20-14)8-19-11(4)15(16)10(3)18-19/h6,9,17H,7-8H2,1-5H3. The number of furan rings is 1. The van der Waals surface area contributed by atoms with E-state index in [-0.39, 0.29) is 0 Å². The van der Waals surface area contributed by atoms with Gasteiger partial charge in [-0.05, 0) is 42.8 Å². The molecule has 2 aromatic heterocycles. The lowest BCUT2D eigenvalue weighted by atomic mass is 10.2. The minimum atomic E-state index is 0.454. The molecule has 20 heavy (non-hydrogen) atoms. The molecule has 0 aliphatic heterocycles. The van der Waals surface area contributed by atoms with Gasteiger partial charge in [0.25, 0.3) is 0 Å². The fraction of sp³-hybridized carbons (Fsp3) is 0.533. The van der Waals surface area contributed by atoms with Crippen LogP contribution in [-0.2, 0) is 13.1 Å². The number of aromatic nitrogens is 2. The quantitative estimate of drug-likeness (QED) is 0.902. The first-order valence-electron chi connectivity index (χ1n) is 6.89. The van der Waals surface area contributed by atoms with E-state index in [2.05, 4.69) is 53.2 Å². The fourth-order valence-corrected chi connectivity index (χ4v) is 2.41. The molecule has 0 aromatic carbocycles. The zero-order valence-electron chi connectivity index (χ0n) is 12.7. The third-order valence-corrected chi connectivity index (χ3v) is 4.52. The van der Waals surface area contributed by atoms with Gasteiger partial charge in [-0.2, -0.15) is 5.10 Å². The highest BCUT2D eigenvalue weighted by atomic mass is 79.9. The normalized spacial score (nSPS) is 11.6. The summed E-state index contributed by atoms with van der Waals surface area (Å²) in [7, 11) is 0. The van der Waals surface area contributed by atoms with Crippen LogP contribution in [0.25, 0.3) is 0 Å². The van der Waals surface area contributed by atoms with Gasteiger partial charge in [0.1, 0.15) is 11.5 Å². The van der Waals surface area contributed by atoms with Crippen molar-refractivity contribution < 1.29 is 4.42 Å². The SMILES string of the molecule is Cc1nn(Cc2cc(CNC(C)C)oc2C)c(C)c1Br. The van der Waals surface area contributed by atoms with E-state index in [1.165, 1.54) is 5.56 Å². The molecule has 1 N–H and O–H groups in total. The Balaban J connectivity index is 2.15. The lowest BCUT2D eigenvalue weighted by Gasteiger charge is -2.04. The number of hydrogen-bond donors (Lipinski definition) is 1. The number of halogens is 1. The van der Waals surface area contributed by atoms with Crippen LogP contribution in [0.3, 0.4) is 0 Å². The van der Waals surface area contributed by atoms with Gasteiger partial charge >= 0.3 is 0 Å². The Morgan fingerprint density at radius 2 is 2.05 bits per heavy atom. The van der Waals surface area contributed by atoms with Gasteiger partial charge in [0, 0.05) is 11.6 Å². The van der Waals surface area contributed by atoms with E-state index in [1.807, 2.05) is 18.5 Å². The van der Waals surface area contributed by atoms with Gasteiger partial charge in [-0.1, -0.05) is 13.8 Å². The Bertz CT molecular complexity index is 599. The molecule has 0 bridgehead atoms. The third kappa shape index (κ3) is 3.33. The molecular formula is C15H22BrN3O.